The van der Waals surface area contributed by atoms with Crippen LogP contribution >= 0.6 is 0 Å². The monoisotopic (exact) mass is 405 g/mol. The quantitative estimate of drug-likeness (QED) is 0.494. The lowest BCUT2D eigenvalue weighted by atomic mass is 10.0. The third kappa shape index (κ3) is 3.97. The fourth-order valence-electron chi connectivity index (χ4n) is 2.74. The first-order valence-electron chi connectivity index (χ1n) is 8.81. The van der Waals surface area contributed by atoms with Crippen LogP contribution in [0, 0.1) is 11.6 Å². The summed E-state index contributed by atoms with van der Waals surface area (Å²) in [5.74, 6) is -2.52. The molecule has 0 saturated heterocycles. The Kier molecular flexibility index (Phi) is 5.13. The summed E-state index contributed by atoms with van der Waals surface area (Å²) in [5.41, 5.74) is 1.14. The lowest BCUT2D eigenvalue weighted by Crippen LogP contribution is -2.12. The number of aromatic nitrogens is 2. The molecule has 0 bridgehead atoms. The number of carbonyl (C=O) groups excluding carboxylic acids is 2. The Labute approximate surface area is 169 Å². The summed E-state index contributed by atoms with van der Waals surface area (Å²) in [6.45, 7) is 0. The summed E-state index contributed by atoms with van der Waals surface area (Å²) >= 11 is 0. The van der Waals surface area contributed by atoms with Gasteiger partial charge < -0.3 is 4.42 Å². The van der Waals surface area contributed by atoms with Crippen LogP contribution < -0.4 is 5.32 Å². The van der Waals surface area contributed by atoms with E-state index >= 15 is 0 Å². The van der Waals surface area contributed by atoms with E-state index in [2.05, 4.69) is 15.5 Å². The molecule has 1 aromatic heterocycles. The Morgan fingerprint density at radius 2 is 1.47 bits per heavy atom. The topological polar surface area (TPSA) is 85.1 Å². The average molecular weight is 405 g/mol. The standard InChI is InChI=1S/C22H13F2N3O3/c23-16-10-11-17(18(24)12-16)21-26-27-22(30-21)25-20(29)15-8-6-14(7-9-15)19(28)13-4-2-1-3-5-13/h1-12H,(H,25,27,29). The maximum atomic E-state index is 13.8. The van der Waals surface area contributed by atoms with Gasteiger partial charge in [-0.15, -0.1) is 5.10 Å². The molecule has 0 saturated carbocycles. The number of benzene rings is 3. The highest BCUT2D eigenvalue weighted by molar-refractivity contribution is 6.10. The Balaban J connectivity index is 1.47. The summed E-state index contributed by atoms with van der Waals surface area (Å²) in [6.07, 6.45) is 0. The lowest BCUT2D eigenvalue weighted by molar-refractivity contribution is 0.101. The SMILES string of the molecule is O=C(Nc1nnc(-c2ccc(F)cc2F)o1)c1ccc(C(=O)c2ccccc2)cc1. The van der Waals surface area contributed by atoms with Crippen LogP contribution in [0.25, 0.3) is 11.5 Å². The zero-order valence-corrected chi connectivity index (χ0v) is 15.3. The van der Waals surface area contributed by atoms with Gasteiger partial charge in [-0.1, -0.05) is 47.6 Å². The zero-order valence-electron chi connectivity index (χ0n) is 15.3. The molecule has 1 N–H and O–H groups in total. The van der Waals surface area contributed by atoms with Gasteiger partial charge in [0, 0.05) is 22.8 Å². The van der Waals surface area contributed by atoms with Crippen molar-refractivity contribution in [2.75, 3.05) is 5.32 Å². The molecule has 0 radical (unpaired) electrons. The van der Waals surface area contributed by atoms with Gasteiger partial charge in [0.2, 0.25) is 0 Å². The minimum atomic E-state index is -0.866. The van der Waals surface area contributed by atoms with Crippen LogP contribution in [0.3, 0.4) is 0 Å². The number of halogens is 2. The van der Waals surface area contributed by atoms with Crippen LogP contribution in [0.4, 0.5) is 14.8 Å². The first-order valence-corrected chi connectivity index (χ1v) is 8.81. The second-order valence-corrected chi connectivity index (χ2v) is 6.26. The van der Waals surface area contributed by atoms with Gasteiger partial charge in [-0.2, -0.15) is 0 Å². The van der Waals surface area contributed by atoms with Crippen molar-refractivity contribution < 1.29 is 22.8 Å². The fraction of sp³-hybridized carbons (Fsp3) is 0. The molecule has 0 aliphatic rings. The van der Waals surface area contributed by atoms with E-state index < -0.39 is 17.5 Å². The highest BCUT2D eigenvalue weighted by Gasteiger charge is 2.16. The van der Waals surface area contributed by atoms with Gasteiger partial charge >= 0.3 is 6.01 Å². The molecule has 0 unspecified atom stereocenters. The predicted molar refractivity (Wildman–Crippen MR) is 104 cm³/mol. The van der Waals surface area contributed by atoms with E-state index in [1.165, 1.54) is 24.3 Å². The number of hydrogen-bond acceptors (Lipinski definition) is 5. The molecule has 8 heteroatoms. The summed E-state index contributed by atoms with van der Waals surface area (Å²) in [7, 11) is 0. The molecular weight excluding hydrogens is 392 g/mol. The van der Waals surface area contributed by atoms with Crippen molar-refractivity contribution in [1.29, 1.82) is 0 Å². The van der Waals surface area contributed by atoms with Crippen LogP contribution in [0.1, 0.15) is 26.3 Å². The number of rotatable bonds is 5. The van der Waals surface area contributed by atoms with Gasteiger partial charge in [-0.25, -0.2) is 8.78 Å². The minimum Gasteiger partial charge on any atom is -0.403 e. The number of hydrogen-bond donors (Lipinski definition) is 1. The molecule has 0 aliphatic carbocycles. The van der Waals surface area contributed by atoms with Crippen molar-refractivity contribution in [3.05, 3.63) is 101 Å². The number of amides is 1. The van der Waals surface area contributed by atoms with E-state index in [9.17, 15) is 18.4 Å². The number of nitrogens with zero attached hydrogens (tertiary/aromatic N) is 2. The molecule has 1 heterocycles. The van der Waals surface area contributed by atoms with Crippen LogP contribution in [0.5, 0.6) is 0 Å². The summed E-state index contributed by atoms with van der Waals surface area (Å²) in [5, 5.41) is 9.70. The van der Waals surface area contributed by atoms with E-state index in [-0.39, 0.29) is 28.8 Å². The Morgan fingerprint density at radius 1 is 0.800 bits per heavy atom. The smallest absolute Gasteiger partial charge is 0.322 e. The van der Waals surface area contributed by atoms with Crippen molar-refractivity contribution in [1.82, 2.24) is 10.2 Å². The van der Waals surface area contributed by atoms with Crippen LogP contribution in [0.15, 0.2) is 77.2 Å². The molecule has 4 rings (SSSR count). The zero-order chi connectivity index (χ0) is 21.1. The highest BCUT2D eigenvalue weighted by atomic mass is 19.1. The van der Waals surface area contributed by atoms with Gasteiger partial charge in [-0.05, 0) is 24.3 Å². The van der Waals surface area contributed by atoms with Gasteiger partial charge in [0.15, 0.2) is 5.78 Å². The van der Waals surface area contributed by atoms with Crippen molar-refractivity contribution in [3.63, 3.8) is 0 Å². The van der Waals surface area contributed by atoms with Crippen molar-refractivity contribution in [2.24, 2.45) is 0 Å². The normalized spacial score (nSPS) is 10.6. The van der Waals surface area contributed by atoms with Crippen LogP contribution in [-0.2, 0) is 0 Å². The van der Waals surface area contributed by atoms with Gasteiger partial charge in [0.25, 0.3) is 11.8 Å². The van der Waals surface area contributed by atoms with Gasteiger partial charge in [-0.3, -0.25) is 14.9 Å². The largest absolute Gasteiger partial charge is 0.403 e. The maximum absolute atomic E-state index is 13.8. The third-order valence-electron chi connectivity index (χ3n) is 4.25. The first kappa shape index (κ1) is 19.1. The van der Waals surface area contributed by atoms with E-state index in [0.29, 0.717) is 17.2 Å². The minimum absolute atomic E-state index is 0.0897. The molecule has 4 aromatic rings. The van der Waals surface area contributed by atoms with Crippen LogP contribution in [0.2, 0.25) is 0 Å². The van der Waals surface area contributed by atoms with Crippen molar-refractivity contribution in [2.45, 2.75) is 0 Å². The maximum Gasteiger partial charge on any atom is 0.322 e. The molecule has 3 aromatic carbocycles. The second-order valence-electron chi connectivity index (χ2n) is 6.26. The number of ketones is 1. The molecule has 1 amide bonds. The molecule has 0 spiro atoms. The second kappa shape index (κ2) is 8.04. The third-order valence-corrected chi connectivity index (χ3v) is 4.25. The molecule has 30 heavy (non-hydrogen) atoms. The van der Waals surface area contributed by atoms with Crippen LogP contribution in [-0.4, -0.2) is 21.9 Å². The molecule has 0 fully saturated rings. The van der Waals surface area contributed by atoms with E-state index in [1.807, 2.05) is 6.07 Å². The molecule has 148 valence electrons. The summed E-state index contributed by atoms with van der Waals surface area (Å²) < 4.78 is 32.1. The highest BCUT2D eigenvalue weighted by Crippen LogP contribution is 2.23. The predicted octanol–water partition coefficient (Wildman–Crippen LogP) is 4.50. The van der Waals surface area contributed by atoms with Crippen molar-refractivity contribution >= 4 is 17.7 Å². The van der Waals surface area contributed by atoms with Crippen molar-refractivity contribution in [3.8, 4) is 11.5 Å². The number of nitrogens with one attached hydrogen (secondary N) is 1. The average Bonchev–Trinajstić information content (AvgIpc) is 3.22. The number of carbonyl (C=O) groups is 2. The van der Waals surface area contributed by atoms with Gasteiger partial charge in [0.05, 0.1) is 5.56 Å². The summed E-state index contributed by atoms with van der Waals surface area (Å²) in [4.78, 5) is 24.8. The molecular formula is C22H13F2N3O3. The molecule has 0 atom stereocenters. The Morgan fingerprint density at radius 3 is 2.17 bits per heavy atom. The lowest BCUT2D eigenvalue weighted by Gasteiger charge is -2.04. The van der Waals surface area contributed by atoms with E-state index in [4.69, 9.17) is 4.42 Å². The Hall–Kier alpha value is -4.20. The van der Waals surface area contributed by atoms with Gasteiger partial charge in [0.1, 0.15) is 11.6 Å². The number of anilines is 1. The van der Waals surface area contributed by atoms with E-state index in [0.717, 1.165) is 12.1 Å². The molecule has 6 nitrogen and oxygen atoms in total. The Bertz CT molecular complexity index is 1220. The molecule has 0 aliphatic heterocycles. The van der Waals surface area contributed by atoms with E-state index in [1.54, 1.807) is 24.3 Å². The first-order chi connectivity index (χ1) is 14.5. The fourth-order valence-corrected chi connectivity index (χ4v) is 2.74. The summed E-state index contributed by atoms with van der Waals surface area (Å²) in [6, 6.07) is 17.5.